The molecule has 0 saturated carbocycles. The Morgan fingerprint density at radius 1 is 1.33 bits per heavy atom. The molecular formula is C14H23N. The van der Waals surface area contributed by atoms with E-state index in [1.165, 1.54) is 10.6 Å². The molecule has 2 rings (SSSR count). The molecule has 1 heterocycles. The molecule has 0 fully saturated rings. The van der Waals surface area contributed by atoms with Gasteiger partial charge in [-0.2, -0.15) is 0 Å². The summed E-state index contributed by atoms with van der Waals surface area (Å²) in [6.45, 7) is 8.69. The summed E-state index contributed by atoms with van der Waals surface area (Å²) in [6.07, 6.45) is 10.6. The Hall–Kier alpha value is -1.24. The zero-order chi connectivity index (χ0) is 11.3. The standard InChI is InChI=1S/C10H11N.C4H10.H2/c1-8-3-2-4-10-9(7-8)5-6-11-10;1-4(2)3;/h2-8,11H,1H3;4H,1-3H3;1H. The van der Waals surface area contributed by atoms with E-state index < -0.39 is 0 Å². The van der Waals surface area contributed by atoms with E-state index in [4.69, 9.17) is 0 Å². The van der Waals surface area contributed by atoms with Crippen LogP contribution >= 0.6 is 0 Å². The van der Waals surface area contributed by atoms with Gasteiger partial charge in [-0.1, -0.05) is 45.9 Å². The average Bonchev–Trinajstić information content (AvgIpc) is 2.45. The lowest BCUT2D eigenvalue weighted by Gasteiger charge is -1.91. The van der Waals surface area contributed by atoms with Gasteiger partial charge in [0, 0.05) is 13.0 Å². The van der Waals surface area contributed by atoms with Crippen molar-refractivity contribution in [1.29, 1.82) is 0 Å². The van der Waals surface area contributed by atoms with Crippen molar-refractivity contribution in [3.8, 4) is 0 Å². The zero-order valence-electron chi connectivity index (χ0n) is 10.1. The van der Waals surface area contributed by atoms with Crippen LogP contribution in [0.2, 0.25) is 0 Å². The Morgan fingerprint density at radius 2 is 2.00 bits per heavy atom. The maximum absolute atomic E-state index is 3.18. The van der Waals surface area contributed by atoms with Gasteiger partial charge in [-0.25, -0.2) is 0 Å². The van der Waals surface area contributed by atoms with Crippen molar-refractivity contribution in [3.63, 3.8) is 0 Å². The number of rotatable bonds is 0. The van der Waals surface area contributed by atoms with Crippen LogP contribution in [0, 0.1) is 11.8 Å². The molecule has 84 valence electrons. The quantitative estimate of drug-likeness (QED) is 0.670. The second kappa shape index (κ2) is 5.59. The Balaban J connectivity index is 0.000000397. The predicted octanol–water partition coefficient (Wildman–Crippen LogP) is 2.69. The molecule has 1 atom stereocenters. The molecule has 0 bridgehead atoms. The van der Waals surface area contributed by atoms with E-state index in [1.807, 2.05) is 6.20 Å². The monoisotopic (exact) mass is 205 g/mol. The van der Waals surface area contributed by atoms with Gasteiger partial charge in [0.05, 0.1) is 0 Å². The highest BCUT2D eigenvalue weighted by Gasteiger charge is 1.94. The van der Waals surface area contributed by atoms with Crippen LogP contribution in [0.1, 0.15) is 29.1 Å². The Kier molecular flexibility index (Phi) is 4.41. The number of H-pyrrole nitrogens is 1. The summed E-state index contributed by atoms with van der Waals surface area (Å²) in [5.41, 5.74) is 0. The third-order valence-corrected chi connectivity index (χ3v) is 1.93. The van der Waals surface area contributed by atoms with Gasteiger partial charge in [0.1, 0.15) is 0 Å². The number of hydrogen-bond acceptors (Lipinski definition) is 0. The van der Waals surface area contributed by atoms with Gasteiger partial charge in [-0.05, 0) is 29.2 Å². The number of aromatic nitrogens is 1. The van der Waals surface area contributed by atoms with E-state index in [0.29, 0.717) is 5.92 Å². The molecule has 1 nitrogen and oxygen atoms in total. The molecule has 0 spiro atoms. The molecule has 0 aromatic carbocycles. The first-order valence-corrected chi connectivity index (χ1v) is 5.63. The Morgan fingerprint density at radius 3 is 2.67 bits per heavy atom. The van der Waals surface area contributed by atoms with Crippen LogP contribution < -0.4 is 10.6 Å². The molecule has 0 saturated heterocycles. The molecule has 1 N–H and O–H groups in total. The third-order valence-electron chi connectivity index (χ3n) is 1.93. The topological polar surface area (TPSA) is 15.8 Å². The Bertz CT molecular complexity index is 423. The molecule has 1 unspecified atom stereocenters. The fourth-order valence-corrected chi connectivity index (χ4v) is 1.35. The van der Waals surface area contributed by atoms with Crippen LogP contribution in [0.3, 0.4) is 0 Å². The number of hydrogen-bond donors (Lipinski definition) is 1. The smallest absolute Gasteiger partial charge is 0.0450 e. The molecule has 0 aliphatic heterocycles. The van der Waals surface area contributed by atoms with Crippen molar-refractivity contribution >= 4 is 12.2 Å². The minimum absolute atomic E-state index is 0. The molecule has 15 heavy (non-hydrogen) atoms. The normalized spacial score (nSPS) is 18.1. The van der Waals surface area contributed by atoms with Crippen LogP contribution in [-0.4, -0.2) is 4.98 Å². The molecule has 0 amide bonds. The molecular weight excluding hydrogens is 182 g/mol. The van der Waals surface area contributed by atoms with Crippen molar-refractivity contribution in [2.75, 3.05) is 0 Å². The van der Waals surface area contributed by atoms with Crippen LogP contribution in [0.25, 0.3) is 12.2 Å². The summed E-state index contributed by atoms with van der Waals surface area (Å²) in [4.78, 5) is 3.18. The van der Waals surface area contributed by atoms with Crippen molar-refractivity contribution in [2.24, 2.45) is 11.8 Å². The van der Waals surface area contributed by atoms with Crippen LogP contribution in [-0.2, 0) is 0 Å². The van der Waals surface area contributed by atoms with Crippen molar-refractivity contribution in [3.05, 3.63) is 35.0 Å². The second-order valence-corrected chi connectivity index (χ2v) is 4.66. The molecule has 1 aromatic heterocycles. The highest BCUT2D eigenvalue weighted by atomic mass is 14.6. The molecule has 1 heteroatoms. The maximum Gasteiger partial charge on any atom is 0.0450 e. The lowest BCUT2D eigenvalue weighted by atomic mass is 10.1. The molecule has 1 aliphatic rings. The number of allylic oxidation sites excluding steroid dienone is 2. The fraction of sp³-hybridized carbons (Fsp3) is 0.429. The number of aromatic amines is 1. The first-order chi connectivity index (χ1) is 7.09. The third kappa shape index (κ3) is 4.20. The summed E-state index contributed by atoms with van der Waals surface area (Å²) in [6, 6.07) is 2.11. The summed E-state index contributed by atoms with van der Waals surface area (Å²) in [5, 5.41) is 2.52. The SMILES string of the molecule is CC(C)C.CC1C=CC=c2[nH]ccc2=C1.[HH]. The minimum atomic E-state index is 0. The maximum atomic E-state index is 3.18. The lowest BCUT2D eigenvalue weighted by molar-refractivity contribution is 0.737. The van der Waals surface area contributed by atoms with Gasteiger partial charge in [0.25, 0.3) is 0 Å². The molecule has 1 aliphatic carbocycles. The first kappa shape index (κ1) is 11.8. The van der Waals surface area contributed by atoms with Gasteiger partial charge < -0.3 is 4.98 Å². The fourth-order valence-electron chi connectivity index (χ4n) is 1.35. The van der Waals surface area contributed by atoms with E-state index in [1.54, 1.807) is 0 Å². The zero-order valence-corrected chi connectivity index (χ0v) is 10.1. The van der Waals surface area contributed by atoms with Crippen LogP contribution in [0.4, 0.5) is 0 Å². The van der Waals surface area contributed by atoms with Crippen molar-refractivity contribution in [2.45, 2.75) is 27.7 Å². The van der Waals surface area contributed by atoms with E-state index in [9.17, 15) is 0 Å². The highest BCUT2D eigenvalue weighted by Crippen LogP contribution is 1.99. The number of nitrogens with one attached hydrogen (secondary N) is 1. The van der Waals surface area contributed by atoms with E-state index >= 15 is 0 Å². The average molecular weight is 205 g/mol. The molecule has 0 radical (unpaired) electrons. The van der Waals surface area contributed by atoms with Gasteiger partial charge in [0.15, 0.2) is 0 Å². The Labute approximate surface area is 93.7 Å². The van der Waals surface area contributed by atoms with Crippen LogP contribution in [0.15, 0.2) is 24.4 Å². The minimum Gasteiger partial charge on any atom is -0.361 e. The van der Waals surface area contributed by atoms with Gasteiger partial charge in [-0.3, -0.25) is 0 Å². The second-order valence-electron chi connectivity index (χ2n) is 4.66. The highest BCUT2D eigenvalue weighted by molar-refractivity contribution is 5.43. The van der Waals surface area contributed by atoms with Gasteiger partial charge in [0.2, 0.25) is 0 Å². The lowest BCUT2D eigenvalue weighted by Crippen LogP contribution is -2.21. The van der Waals surface area contributed by atoms with E-state index in [0.717, 1.165) is 5.92 Å². The first-order valence-electron chi connectivity index (χ1n) is 5.63. The number of fused-ring (bicyclic) bond motifs is 1. The van der Waals surface area contributed by atoms with Gasteiger partial charge in [-0.15, -0.1) is 0 Å². The largest absolute Gasteiger partial charge is 0.361 e. The summed E-state index contributed by atoms with van der Waals surface area (Å²) in [5.74, 6) is 1.38. The van der Waals surface area contributed by atoms with Crippen molar-refractivity contribution < 1.29 is 1.43 Å². The predicted molar refractivity (Wildman–Crippen MR) is 69.9 cm³/mol. The van der Waals surface area contributed by atoms with Crippen LogP contribution in [0.5, 0.6) is 0 Å². The van der Waals surface area contributed by atoms with Crippen molar-refractivity contribution in [1.82, 2.24) is 4.98 Å². The van der Waals surface area contributed by atoms with E-state index in [2.05, 4.69) is 63.0 Å². The summed E-state index contributed by atoms with van der Waals surface area (Å²) < 4.78 is 0. The summed E-state index contributed by atoms with van der Waals surface area (Å²) in [7, 11) is 0. The van der Waals surface area contributed by atoms with Gasteiger partial charge >= 0.3 is 0 Å². The molecule has 1 aromatic rings. The summed E-state index contributed by atoms with van der Waals surface area (Å²) >= 11 is 0. The van der Waals surface area contributed by atoms with E-state index in [-0.39, 0.29) is 1.43 Å².